The molecule has 2 rings (SSSR count). The van der Waals surface area contributed by atoms with Crippen molar-refractivity contribution in [3.8, 4) is 0 Å². The van der Waals surface area contributed by atoms with Crippen LogP contribution >= 0.6 is 23.2 Å². The third kappa shape index (κ3) is 6.01. The molecule has 20 heavy (non-hydrogen) atoms. The lowest BCUT2D eigenvalue weighted by Gasteiger charge is -2.21. The van der Waals surface area contributed by atoms with Crippen LogP contribution in [0.15, 0.2) is 18.2 Å². The fourth-order valence-electron chi connectivity index (χ4n) is 2.62. The lowest BCUT2D eigenvalue weighted by molar-refractivity contribution is 0.0273. The number of benzene rings is 1. The van der Waals surface area contributed by atoms with Gasteiger partial charge >= 0.3 is 0 Å². The van der Waals surface area contributed by atoms with Gasteiger partial charge in [-0.2, -0.15) is 0 Å². The normalized spacial score (nSPS) is 16.5. The topological polar surface area (TPSA) is 21.3 Å². The number of ether oxygens (including phenoxy) is 1. The van der Waals surface area contributed by atoms with Crippen molar-refractivity contribution in [3.05, 3.63) is 33.8 Å². The molecule has 1 N–H and O–H groups in total. The van der Waals surface area contributed by atoms with Gasteiger partial charge in [0.15, 0.2) is 0 Å². The number of hydrogen-bond acceptors (Lipinski definition) is 2. The zero-order chi connectivity index (χ0) is 14.2. The van der Waals surface area contributed by atoms with Crippen LogP contribution in [-0.2, 0) is 11.3 Å². The van der Waals surface area contributed by atoms with Gasteiger partial charge in [0, 0.05) is 23.2 Å². The van der Waals surface area contributed by atoms with Gasteiger partial charge in [0.2, 0.25) is 0 Å². The molecule has 1 aromatic rings. The van der Waals surface area contributed by atoms with Crippen molar-refractivity contribution in [1.82, 2.24) is 5.32 Å². The third-order valence-corrected chi connectivity index (χ3v) is 4.09. The van der Waals surface area contributed by atoms with Gasteiger partial charge in [0.05, 0.1) is 6.10 Å². The van der Waals surface area contributed by atoms with Gasteiger partial charge in [-0.3, -0.25) is 0 Å². The van der Waals surface area contributed by atoms with Crippen LogP contribution in [0.5, 0.6) is 0 Å². The molecule has 0 radical (unpaired) electrons. The first-order valence-electron chi connectivity index (χ1n) is 7.51. The second-order valence-corrected chi connectivity index (χ2v) is 6.31. The van der Waals surface area contributed by atoms with Gasteiger partial charge in [-0.15, -0.1) is 0 Å². The zero-order valence-electron chi connectivity index (χ0n) is 11.8. The molecule has 1 fully saturated rings. The Hall–Kier alpha value is -0.280. The van der Waals surface area contributed by atoms with E-state index in [9.17, 15) is 0 Å². The molecule has 0 aliphatic heterocycles. The van der Waals surface area contributed by atoms with Crippen LogP contribution in [0.25, 0.3) is 0 Å². The standard InChI is InChI=1S/C16H23Cl2NO/c17-14-9-13(10-15(18)11-14)12-19-7-4-8-20-16-5-2-1-3-6-16/h9-11,16,19H,1-8,12H2. The van der Waals surface area contributed by atoms with Crippen LogP contribution in [-0.4, -0.2) is 19.3 Å². The molecule has 0 atom stereocenters. The molecular formula is C16H23Cl2NO. The Morgan fingerprint density at radius 3 is 2.45 bits per heavy atom. The lowest BCUT2D eigenvalue weighted by atomic mass is 9.98. The van der Waals surface area contributed by atoms with E-state index in [4.69, 9.17) is 27.9 Å². The highest BCUT2D eigenvalue weighted by atomic mass is 35.5. The molecule has 0 bridgehead atoms. The molecule has 1 saturated carbocycles. The average Bonchev–Trinajstić information content (AvgIpc) is 2.43. The van der Waals surface area contributed by atoms with E-state index in [-0.39, 0.29) is 0 Å². The molecular weight excluding hydrogens is 293 g/mol. The van der Waals surface area contributed by atoms with E-state index in [0.29, 0.717) is 16.1 Å². The fraction of sp³-hybridized carbons (Fsp3) is 0.625. The predicted octanol–water partition coefficient (Wildman–Crippen LogP) is 4.82. The van der Waals surface area contributed by atoms with Crippen molar-refractivity contribution in [2.75, 3.05) is 13.2 Å². The second-order valence-electron chi connectivity index (χ2n) is 5.44. The predicted molar refractivity (Wildman–Crippen MR) is 85.6 cm³/mol. The highest BCUT2D eigenvalue weighted by Gasteiger charge is 2.12. The van der Waals surface area contributed by atoms with Gasteiger partial charge in [0.25, 0.3) is 0 Å². The molecule has 0 unspecified atom stereocenters. The summed E-state index contributed by atoms with van der Waals surface area (Å²) in [6.07, 6.45) is 8.09. The first kappa shape index (κ1) is 16.1. The van der Waals surface area contributed by atoms with Gasteiger partial charge in [-0.1, -0.05) is 42.5 Å². The minimum atomic E-state index is 0.510. The molecule has 4 heteroatoms. The zero-order valence-corrected chi connectivity index (χ0v) is 13.3. The molecule has 0 aromatic heterocycles. The number of halogens is 2. The Balaban J connectivity index is 1.54. The number of hydrogen-bond donors (Lipinski definition) is 1. The van der Waals surface area contributed by atoms with E-state index in [1.165, 1.54) is 32.1 Å². The van der Waals surface area contributed by atoms with Crippen LogP contribution in [0.2, 0.25) is 10.0 Å². The lowest BCUT2D eigenvalue weighted by Crippen LogP contribution is -2.20. The van der Waals surface area contributed by atoms with Gasteiger partial charge < -0.3 is 10.1 Å². The maximum absolute atomic E-state index is 5.97. The van der Waals surface area contributed by atoms with E-state index >= 15 is 0 Å². The average molecular weight is 316 g/mol. The Bertz CT molecular complexity index is 385. The summed E-state index contributed by atoms with van der Waals surface area (Å²) in [5.41, 5.74) is 1.12. The summed E-state index contributed by atoms with van der Waals surface area (Å²) in [6, 6.07) is 5.64. The molecule has 0 amide bonds. The summed E-state index contributed by atoms with van der Waals surface area (Å²) < 4.78 is 5.89. The quantitative estimate of drug-likeness (QED) is 0.728. The molecule has 2 nitrogen and oxygen atoms in total. The molecule has 1 aliphatic rings. The first-order valence-corrected chi connectivity index (χ1v) is 8.27. The van der Waals surface area contributed by atoms with Crippen molar-refractivity contribution in [3.63, 3.8) is 0 Å². The maximum Gasteiger partial charge on any atom is 0.0575 e. The van der Waals surface area contributed by atoms with E-state index < -0.39 is 0 Å². The van der Waals surface area contributed by atoms with Crippen molar-refractivity contribution in [1.29, 1.82) is 0 Å². The van der Waals surface area contributed by atoms with Crippen LogP contribution in [0.3, 0.4) is 0 Å². The van der Waals surface area contributed by atoms with Crippen LogP contribution in [0, 0.1) is 0 Å². The largest absolute Gasteiger partial charge is 0.378 e. The minimum Gasteiger partial charge on any atom is -0.378 e. The monoisotopic (exact) mass is 315 g/mol. The second kappa shape index (κ2) is 8.89. The first-order chi connectivity index (χ1) is 9.74. The third-order valence-electron chi connectivity index (χ3n) is 3.66. The smallest absolute Gasteiger partial charge is 0.0575 e. The highest BCUT2D eigenvalue weighted by molar-refractivity contribution is 6.34. The molecule has 1 aliphatic carbocycles. The van der Waals surface area contributed by atoms with Gasteiger partial charge in [-0.25, -0.2) is 0 Å². The summed E-state index contributed by atoms with van der Waals surface area (Å²) in [6.45, 7) is 2.61. The molecule has 112 valence electrons. The van der Waals surface area contributed by atoms with Crippen molar-refractivity contribution >= 4 is 23.2 Å². The van der Waals surface area contributed by atoms with E-state index in [0.717, 1.165) is 31.7 Å². The Morgan fingerprint density at radius 1 is 1.05 bits per heavy atom. The Morgan fingerprint density at radius 2 is 1.75 bits per heavy atom. The van der Waals surface area contributed by atoms with Gasteiger partial charge in [-0.05, 0) is 49.6 Å². The van der Waals surface area contributed by atoms with Crippen molar-refractivity contribution in [2.45, 2.75) is 51.2 Å². The number of rotatable bonds is 7. The molecule has 0 saturated heterocycles. The SMILES string of the molecule is Clc1cc(Cl)cc(CNCCCOC2CCCCC2)c1. The number of nitrogens with one attached hydrogen (secondary N) is 1. The minimum absolute atomic E-state index is 0.510. The summed E-state index contributed by atoms with van der Waals surface area (Å²) in [7, 11) is 0. The Kier molecular flexibility index (Phi) is 7.15. The van der Waals surface area contributed by atoms with Crippen molar-refractivity contribution < 1.29 is 4.74 Å². The van der Waals surface area contributed by atoms with E-state index in [1.807, 2.05) is 12.1 Å². The summed E-state index contributed by atoms with van der Waals surface area (Å²) in [4.78, 5) is 0. The van der Waals surface area contributed by atoms with Crippen LogP contribution < -0.4 is 5.32 Å². The molecule has 1 aromatic carbocycles. The summed E-state index contributed by atoms with van der Waals surface area (Å²) >= 11 is 11.9. The molecule has 0 heterocycles. The van der Waals surface area contributed by atoms with Crippen molar-refractivity contribution in [2.24, 2.45) is 0 Å². The maximum atomic E-state index is 5.97. The summed E-state index contributed by atoms with van der Waals surface area (Å²) in [5, 5.41) is 4.78. The van der Waals surface area contributed by atoms with E-state index in [2.05, 4.69) is 5.32 Å². The molecule has 0 spiro atoms. The van der Waals surface area contributed by atoms with Crippen LogP contribution in [0.4, 0.5) is 0 Å². The Labute approximate surface area is 131 Å². The van der Waals surface area contributed by atoms with Gasteiger partial charge in [0.1, 0.15) is 0 Å². The van der Waals surface area contributed by atoms with Crippen LogP contribution in [0.1, 0.15) is 44.1 Å². The fourth-order valence-corrected chi connectivity index (χ4v) is 3.20. The summed E-state index contributed by atoms with van der Waals surface area (Å²) in [5.74, 6) is 0. The highest BCUT2D eigenvalue weighted by Crippen LogP contribution is 2.20. The van der Waals surface area contributed by atoms with E-state index in [1.54, 1.807) is 6.07 Å².